The molecule has 0 bridgehead atoms. The van der Waals surface area contributed by atoms with E-state index in [1.807, 2.05) is 12.3 Å². The lowest BCUT2D eigenvalue weighted by atomic mass is 10.0. The Morgan fingerprint density at radius 2 is 2.10 bits per heavy atom. The molecule has 0 saturated heterocycles. The molecule has 2 aromatic rings. The molecule has 0 spiro atoms. The van der Waals surface area contributed by atoms with E-state index in [0.29, 0.717) is 6.42 Å². The van der Waals surface area contributed by atoms with Crippen LogP contribution >= 0.6 is 27.3 Å². The lowest BCUT2D eigenvalue weighted by molar-refractivity contribution is 0.499. The second-order valence-corrected chi connectivity index (χ2v) is 6.40. The van der Waals surface area contributed by atoms with E-state index in [0.717, 1.165) is 10.7 Å². The SMILES string of the molecule is CNC(Cc1nc(C)cs1)Cc1c(F)ccc(Br)c1F. The second kappa shape index (κ2) is 6.74. The minimum atomic E-state index is -0.527. The third kappa shape index (κ3) is 3.62. The van der Waals surface area contributed by atoms with Crippen LogP contribution in [0.4, 0.5) is 8.78 Å². The van der Waals surface area contributed by atoms with Gasteiger partial charge in [0.2, 0.25) is 0 Å². The Labute approximate surface area is 129 Å². The van der Waals surface area contributed by atoms with E-state index < -0.39 is 11.6 Å². The molecule has 1 heterocycles. The van der Waals surface area contributed by atoms with Gasteiger partial charge in [-0.2, -0.15) is 0 Å². The average Bonchev–Trinajstić information content (AvgIpc) is 2.83. The fourth-order valence-corrected chi connectivity index (χ4v) is 3.21. The topological polar surface area (TPSA) is 24.9 Å². The van der Waals surface area contributed by atoms with E-state index in [1.165, 1.54) is 12.1 Å². The molecule has 0 saturated carbocycles. The monoisotopic (exact) mass is 360 g/mol. The number of halogens is 3. The second-order valence-electron chi connectivity index (χ2n) is 4.60. The third-order valence-corrected chi connectivity index (χ3v) is 4.69. The Morgan fingerprint density at radius 1 is 1.35 bits per heavy atom. The van der Waals surface area contributed by atoms with Gasteiger partial charge in [0, 0.05) is 29.1 Å². The molecule has 1 unspecified atom stereocenters. The van der Waals surface area contributed by atoms with Crippen molar-refractivity contribution < 1.29 is 8.78 Å². The first-order chi connectivity index (χ1) is 9.51. The van der Waals surface area contributed by atoms with Crippen molar-refractivity contribution in [3.63, 3.8) is 0 Å². The van der Waals surface area contributed by atoms with Gasteiger partial charge in [-0.3, -0.25) is 0 Å². The minimum absolute atomic E-state index is 0.0566. The fourth-order valence-electron chi connectivity index (χ4n) is 1.99. The van der Waals surface area contributed by atoms with Gasteiger partial charge in [0.05, 0.1) is 9.48 Å². The maximum Gasteiger partial charge on any atom is 0.143 e. The van der Waals surface area contributed by atoms with Crippen LogP contribution in [0.2, 0.25) is 0 Å². The van der Waals surface area contributed by atoms with E-state index >= 15 is 0 Å². The van der Waals surface area contributed by atoms with E-state index in [-0.39, 0.29) is 22.5 Å². The molecule has 1 atom stereocenters. The molecule has 6 heteroatoms. The van der Waals surface area contributed by atoms with Crippen LogP contribution in [0.3, 0.4) is 0 Å². The molecule has 20 heavy (non-hydrogen) atoms. The Hall–Kier alpha value is -0.850. The zero-order chi connectivity index (χ0) is 14.7. The van der Waals surface area contributed by atoms with E-state index in [9.17, 15) is 8.78 Å². The van der Waals surface area contributed by atoms with Crippen LogP contribution in [-0.4, -0.2) is 18.1 Å². The van der Waals surface area contributed by atoms with Crippen LogP contribution in [0, 0.1) is 18.6 Å². The van der Waals surface area contributed by atoms with E-state index in [1.54, 1.807) is 18.4 Å². The maximum atomic E-state index is 14.0. The largest absolute Gasteiger partial charge is 0.316 e. The van der Waals surface area contributed by atoms with E-state index in [2.05, 4.69) is 26.2 Å². The summed E-state index contributed by atoms with van der Waals surface area (Å²) in [4.78, 5) is 4.38. The van der Waals surface area contributed by atoms with Crippen molar-refractivity contribution in [1.82, 2.24) is 10.3 Å². The van der Waals surface area contributed by atoms with Gasteiger partial charge in [-0.15, -0.1) is 11.3 Å². The van der Waals surface area contributed by atoms with Crippen molar-refractivity contribution in [2.45, 2.75) is 25.8 Å². The van der Waals surface area contributed by atoms with Gasteiger partial charge >= 0.3 is 0 Å². The van der Waals surface area contributed by atoms with Crippen LogP contribution < -0.4 is 5.32 Å². The summed E-state index contributed by atoms with van der Waals surface area (Å²) in [5.41, 5.74) is 1.08. The molecule has 1 N–H and O–H groups in total. The molecule has 0 radical (unpaired) electrons. The van der Waals surface area contributed by atoms with Crippen molar-refractivity contribution in [3.05, 3.63) is 49.9 Å². The van der Waals surface area contributed by atoms with Gasteiger partial charge in [0.1, 0.15) is 11.6 Å². The van der Waals surface area contributed by atoms with Gasteiger partial charge in [0.25, 0.3) is 0 Å². The number of thiazole rings is 1. The number of hydrogen-bond acceptors (Lipinski definition) is 3. The van der Waals surface area contributed by atoms with Crippen LogP contribution in [0.25, 0.3) is 0 Å². The summed E-state index contributed by atoms with van der Waals surface area (Å²) in [7, 11) is 1.79. The van der Waals surface area contributed by atoms with Gasteiger partial charge in [-0.05, 0) is 48.5 Å². The number of rotatable bonds is 5. The molecule has 1 aromatic carbocycles. The number of hydrogen-bond donors (Lipinski definition) is 1. The van der Waals surface area contributed by atoms with Crippen molar-refractivity contribution >= 4 is 27.3 Å². The molecule has 2 rings (SSSR count). The van der Waals surface area contributed by atoms with Crippen LogP contribution in [0.15, 0.2) is 22.0 Å². The predicted molar refractivity (Wildman–Crippen MR) is 81.2 cm³/mol. The zero-order valence-corrected chi connectivity index (χ0v) is 13.6. The van der Waals surface area contributed by atoms with Gasteiger partial charge in [0.15, 0.2) is 0 Å². The summed E-state index contributed by atoms with van der Waals surface area (Å²) in [6, 6.07) is 2.61. The van der Waals surface area contributed by atoms with Crippen LogP contribution in [0.5, 0.6) is 0 Å². The first-order valence-corrected chi connectivity index (χ1v) is 7.89. The first kappa shape index (κ1) is 15.5. The molecular weight excluding hydrogens is 346 g/mol. The molecule has 0 amide bonds. The Morgan fingerprint density at radius 3 is 2.70 bits per heavy atom. The number of benzene rings is 1. The smallest absolute Gasteiger partial charge is 0.143 e. The summed E-state index contributed by atoms with van der Waals surface area (Å²) in [6.07, 6.45) is 0.937. The molecule has 0 aliphatic heterocycles. The highest BCUT2D eigenvalue weighted by Gasteiger charge is 2.18. The van der Waals surface area contributed by atoms with Gasteiger partial charge < -0.3 is 5.32 Å². The first-order valence-electron chi connectivity index (χ1n) is 6.22. The quantitative estimate of drug-likeness (QED) is 0.818. The van der Waals surface area contributed by atoms with Crippen molar-refractivity contribution in [2.24, 2.45) is 0 Å². The average molecular weight is 361 g/mol. The highest BCUT2D eigenvalue weighted by molar-refractivity contribution is 9.10. The highest BCUT2D eigenvalue weighted by atomic mass is 79.9. The standard InChI is InChI=1S/C14H15BrF2N2S/c1-8-7-20-13(19-8)6-9(18-2)5-10-12(16)4-3-11(15)14(10)17/h3-4,7,9,18H,5-6H2,1-2H3. The Kier molecular flexibility index (Phi) is 5.23. The molecule has 0 fully saturated rings. The Balaban J connectivity index is 2.16. The number of likely N-dealkylation sites (N-methyl/N-ethyl adjacent to an activating group) is 1. The molecule has 2 nitrogen and oxygen atoms in total. The predicted octanol–water partition coefficient (Wildman–Crippen LogP) is 3.87. The number of nitrogens with zero attached hydrogens (tertiary/aromatic N) is 1. The maximum absolute atomic E-state index is 14.0. The van der Waals surface area contributed by atoms with Gasteiger partial charge in [-0.1, -0.05) is 0 Å². The van der Waals surface area contributed by atoms with Gasteiger partial charge in [-0.25, -0.2) is 13.8 Å². The summed E-state index contributed by atoms with van der Waals surface area (Å²) in [6.45, 7) is 1.93. The zero-order valence-electron chi connectivity index (χ0n) is 11.2. The molecule has 0 aliphatic carbocycles. The summed E-state index contributed by atoms with van der Waals surface area (Å²) >= 11 is 4.66. The molecule has 1 aromatic heterocycles. The van der Waals surface area contributed by atoms with E-state index in [4.69, 9.17) is 0 Å². The van der Waals surface area contributed by atoms with Crippen molar-refractivity contribution in [2.75, 3.05) is 7.05 Å². The lowest BCUT2D eigenvalue weighted by Gasteiger charge is -2.16. The van der Waals surface area contributed by atoms with Crippen LogP contribution in [-0.2, 0) is 12.8 Å². The summed E-state index contributed by atoms with van der Waals surface area (Å²) in [5, 5.41) is 6.04. The number of nitrogens with one attached hydrogen (secondary N) is 1. The molecular formula is C14H15BrF2N2S. The highest BCUT2D eigenvalue weighted by Crippen LogP contribution is 2.23. The molecule has 108 valence electrons. The minimum Gasteiger partial charge on any atom is -0.316 e. The summed E-state index contributed by atoms with van der Waals surface area (Å²) in [5.74, 6) is -1.04. The van der Waals surface area contributed by atoms with Crippen molar-refractivity contribution in [3.8, 4) is 0 Å². The van der Waals surface area contributed by atoms with Crippen molar-refractivity contribution in [1.29, 1.82) is 0 Å². The third-order valence-electron chi connectivity index (χ3n) is 3.09. The lowest BCUT2D eigenvalue weighted by Crippen LogP contribution is -2.30. The normalized spacial score (nSPS) is 12.7. The molecule has 0 aliphatic rings. The number of aromatic nitrogens is 1. The number of aryl methyl sites for hydroxylation is 1. The van der Waals surface area contributed by atoms with Crippen LogP contribution in [0.1, 0.15) is 16.3 Å². The Bertz CT molecular complexity index is 601. The summed E-state index contributed by atoms with van der Waals surface area (Å²) < 4.78 is 28.0. The fraction of sp³-hybridized carbons (Fsp3) is 0.357.